The third-order valence-electron chi connectivity index (χ3n) is 5.73. The topological polar surface area (TPSA) is 125 Å². The van der Waals surface area contributed by atoms with E-state index in [0.29, 0.717) is 56.3 Å². The van der Waals surface area contributed by atoms with Crippen molar-refractivity contribution in [2.45, 2.75) is 25.3 Å². The van der Waals surface area contributed by atoms with E-state index >= 15 is 0 Å². The SMILES string of the molecule is CS(=O)(=O)Nc1ccccc1N1CCN(C(=O)[C@@H](Cc2ccc(Cl)cc2)NC(=O)CCCN)CC1. The first-order valence-electron chi connectivity index (χ1n) is 11.5. The van der Waals surface area contributed by atoms with E-state index in [4.69, 9.17) is 17.3 Å². The summed E-state index contributed by atoms with van der Waals surface area (Å²) >= 11 is 5.99. The van der Waals surface area contributed by atoms with Crippen LogP contribution in [0.2, 0.25) is 5.02 Å². The van der Waals surface area contributed by atoms with E-state index in [2.05, 4.69) is 10.0 Å². The predicted octanol–water partition coefficient (Wildman–Crippen LogP) is 1.83. The number of hydrogen-bond acceptors (Lipinski definition) is 6. The zero-order chi connectivity index (χ0) is 25.4. The summed E-state index contributed by atoms with van der Waals surface area (Å²) in [4.78, 5) is 29.6. The van der Waals surface area contributed by atoms with Gasteiger partial charge in [-0.05, 0) is 42.8 Å². The molecule has 2 amide bonds. The van der Waals surface area contributed by atoms with Crippen molar-refractivity contribution >= 4 is 44.8 Å². The number of piperazine rings is 1. The molecule has 2 aromatic carbocycles. The Kier molecular flexibility index (Phi) is 9.36. The van der Waals surface area contributed by atoms with Gasteiger partial charge in [0.25, 0.3) is 0 Å². The molecule has 0 spiro atoms. The number of anilines is 2. The number of sulfonamides is 1. The van der Waals surface area contributed by atoms with Crippen molar-refractivity contribution in [1.82, 2.24) is 10.2 Å². The zero-order valence-electron chi connectivity index (χ0n) is 19.7. The largest absolute Gasteiger partial charge is 0.366 e. The minimum atomic E-state index is -3.42. The number of rotatable bonds is 10. The summed E-state index contributed by atoms with van der Waals surface area (Å²) in [6, 6.07) is 13.7. The van der Waals surface area contributed by atoms with Crippen molar-refractivity contribution in [3.8, 4) is 0 Å². The highest BCUT2D eigenvalue weighted by atomic mass is 35.5. The Labute approximate surface area is 211 Å². The van der Waals surface area contributed by atoms with Gasteiger partial charge in [0.1, 0.15) is 6.04 Å². The van der Waals surface area contributed by atoms with Crippen LogP contribution in [0.4, 0.5) is 11.4 Å². The smallest absolute Gasteiger partial charge is 0.245 e. The predicted molar refractivity (Wildman–Crippen MR) is 139 cm³/mol. The van der Waals surface area contributed by atoms with E-state index in [1.807, 2.05) is 29.2 Å². The molecule has 1 fully saturated rings. The van der Waals surface area contributed by atoms with Gasteiger partial charge in [0, 0.05) is 44.0 Å². The Morgan fingerprint density at radius 3 is 2.34 bits per heavy atom. The first-order valence-corrected chi connectivity index (χ1v) is 13.8. The standard InChI is InChI=1S/C24H32ClN5O4S/c1-35(33,34)28-20-5-2-3-6-22(20)29-13-15-30(16-14-29)24(32)21(27-23(31)7-4-12-26)17-18-8-10-19(25)11-9-18/h2-3,5-6,8-11,21,28H,4,7,12-17,26H2,1H3,(H,27,31)/t21-/m1/s1. The summed E-state index contributed by atoms with van der Waals surface area (Å²) in [5, 5.41) is 3.48. The zero-order valence-corrected chi connectivity index (χ0v) is 21.3. The number of nitrogens with one attached hydrogen (secondary N) is 2. The molecule has 1 saturated heterocycles. The molecule has 0 saturated carbocycles. The molecule has 35 heavy (non-hydrogen) atoms. The first-order chi connectivity index (χ1) is 16.7. The molecular formula is C24H32ClN5O4S. The van der Waals surface area contributed by atoms with E-state index in [9.17, 15) is 18.0 Å². The molecule has 1 atom stereocenters. The molecule has 0 radical (unpaired) electrons. The number of carbonyl (C=O) groups excluding carboxylic acids is 2. The van der Waals surface area contributed by atoms with Crippen LogP contribution >= 0.6 is 11.6 Å². The van der Waals surface area contributed by atoms with Crippen molar-refractivity contribution in [3.05, 3.63) is 59.1 Å². The molecule has 0 bridgehead atoms. The number of carbonyl (C=O) groups is 2. The van der Waals surface area contributed by atoms with Gasteiger partial charge in [0.15, 0.2) is 0 Å². The maximum Gasteiger partial charge on any atom is 0.245 e. The van der Waals surface area contributed by atoms with Gasteiger partial charge in [0.05, 0.1) is 17.6 Å². The molecule has 1 heterocycles. The second-order valence-electron chi connectivity index (χ2n) is 8.55. The molecule has 190 valence electrons. The lowest BCUT2D eigenvalue weighted by Gasteiger charge is -2.38. The van der Waals surface area contributed by atoms with Gasteiger partial charge >= 0.3 is 0 Å². The second kappa shape index (κ2) is 12.2. The van der Waals surface area contributed by atoms with Crippen LogP contribution in [0.25, 0.3) is 0 Å². The minimum Gasteiger partial charge on any atom is -0.366 e. The number of hydrogen-bond donors (Lipinski definition) is 3. The van der Waals surface area contributed by atoms with Crippen molar-refractivity contribution in [1.29, 1.82) is 0 Å². The van der Waals surface area contributed by atoms with Crippen LogP contribution in [-0.4, -0.2) is 70.2 Å². The van der Waals surface area contributed by atoms with E-state index < -0.39 is 16.1 Å². The van der Waals surface area contributed by atoms with Crippen LogP contribution < -0.4 is 20.7 Å². The highest BCUT2D eigenvalue weighted by Crippen LogP contribution is 2.27. The monoisotopic (exact) mass is 521 g/mol. The molecule has 9 nitrogen and oxygen atoms in total. The minimum absolute atomic E-state index is 0.150. The number of nitrogens with zero attached hydrogens (tertiary/aromatic N) is 2. The molecule has 3 rings (SSSR count). The highest BCUT2D eigenvalue weighted by molar-refractivity contribution is 7.92. The molecule has 0 aliphatic carbocycles. The lowest BCUT2D eigenvalue weighted by atomic mass is 10.0. The summed E-state index contributed by atoms with van der Waals surface area (Å²) in [7, 11) is -3.42. The van der Waals surface area contributed by atoms with Gasteiger partial charge in [-0.2, -0.15) is 0 Å². The molecule has 0 unspecified atom stereocenters. The fraction of sp³-hybridized carbons (Fsp3) is 0.417. The van der Waals surface area contributed by atoms with Gasteiger partial charge in [-0.1, -0.05) is 35.9 Å². The summed E-state index contributed by atoms with van der Waals surface area (Å²) in [6.07, 6.45) is 2.28. The van der Waals surface area contributed by atoms with E-state index in [1.54, 1.807) is 29.2 Å². The van der Waals surface area contributed by atoms with Gasteiger partial charge in [0.2, 0.25) is 21.8 Å². The average Bonchev–Trinajstić information content (AvgIpc) is 2.83. The Balaban J connectivity index is 1.69. The third kappa shape index (κ3) is 8.12. The van der Waals surface area contributed by atoms with Crippen LogP contribution in [0, 0.1) is 0 Å². The molecule has 2 aromatic rings. The van der Waals surface area contributed by atoms with Crippen LogP contribution in [0.15, 0.2) is 48.5 Å². The maximum absolute atomic E-state index is 13.4. The Morgan fingerprint density at radius 1 is 1.06 bits per heavy atom. The summed E-state index contributed by atoms with van der Waals surface area (Å²) in [5.74, 6) is -0.356. The molecular weight excluding hydrogens is 490 g/mol. The third-order valence-corrected chi connectivity index (χ3v) is 6.57. The summed E-state index contributed by atoms with van der Waals surface area (Å²) in [6.45, 7) is 2.36. The van der Waals surface area contributed by atoms with Gasteiger partial charge in [-0.3, -0.25) is 14.3 Å². The molecule has 1 aliphatic rings. The van der Waals surface area contributed by atoms with Gasteiger partial charge in [-0.25, -0.2) is 8.42 Å². The Bertz CT molecular complexity index is 1120. The van der Waals surface area contributed by atoms with Crippen LogP contribution in [0.5, 0.6) is 0 Å². The first kappa shape index (κ1) is 26.8. The van der Waals surface area contributed by atoms with Crippen molar-refractivity contribution in [2.75, 3.05) is 48.6 Å². The lowest BCUT2D eigenvalue weighted by Crippen LogP contribution is -2.55. The van der Waals surface area contributed by atoms with Crippen molar-refractivity contribution < 1.29 is 18.0 Å². The molecule has 11 heteroatoms. The molecule has 1 aliphatic heterocycles. The number of benzene rings is 2. The lowest BCUT2D eigenvalue weighted by molar-refractivity contribution is -0.136. The van der Waals surface area contributed by atoms with Crippen LogP contribution in [-0.2, 0) is 26.0 Å². The molecule has 0 aromatic heterocycles. The Hall–Kier alpha value is -2.82. The fourth-order valence-corrected chi connectivity index (χ4v) is 4.71. The van der Waals surface area contributed by atoms with Crippen LogP contribution in [0.1, 0.15) is 18.4 Å². The quantitative estimate of drug-likeness (QED) is 0.438. The maximum atomic E-state index is 13.4. The number of nitrogens with two attached hydrogens (primary N) is 1. The van der Waals surface area contributed by atoms with Gasteiger partial charge < -0.3 is 20.9 Å². The second-order valence-corrected chi connectivity index (χ2v) is 10.7. The number of halogens is 1. The van der Waals surface area contributed by atoms with Gasteiger partial charge in [-0.15, -0.1) is 0 Å². The normalized spacial score (nSPS) is 14.9. The summed E-state index contributed by atoms with van der Waals surface area (Å²) in [5.41, 5.74) is 7.68. The van der Waals surface area contributed by atoms with Crippen LogP contribution in [0.3, 0.4) is 0 Å². The van der Waals surface area contributed by atoms with E-state index in [1.165, 1.54) is 0 Å². The molecule has 4 N–H and O–H groups in total. The number of para-hydroxylation sites is 2. The average molecular weight is 522 g/mol. The van der Waals surface area contributed by atoms with Crippen molar-refractivity contribution in [3.63, 3.8) is 0 Å². The van der Waals surface area contributed by atoms with E-state index in [0.717, 1.165) is 17.5 Å². The fourth-order valence-electron chi connectivity index (χ4n) is 4.01. The highest BCUT2D eigenvalue weighted by Gasteiger charge is 2.29. The Morgan fingerprint density at radius 2 is 1.71 bits per heavy atom. The van der Waals surface area contributed by atoms with Crippen molar-refractivity contribution in [2.24, 2.45) is 5.73 Å². The summed E-state index contributed by atoms with van der Waals surface area (Å²) < 4.78 is 26.0. The van der Waals surface area contributed by atoms with E-state index in [-0.39, 0.29) is 18.2 Å². The number of amides is 2.